The summed E-state index contributed by atoms with van der Waals surface area (Å²) in [6, 6.07) is 32.9. The molecule has 0 saturated heterocycles. The number of rotatable bonds is 4. The van der Waals surface area contributed by atoms with E-state index in [1.54, 1.807) is 12.1 Å². The second-order valence-electron chi connectivity index (χ2n) is 6.68. The van der Waals surface area contributed by atoms with E-state index >= 15 is 0 Å². The van der Waals surface area contributed by atoms with Gasteiger partial charge < -0.3 is 5.16 Å². The maximum absolute atomic E-state index is 11.5. The van der Waals surface area contributed by atoms with Gasteiger partial charge in [0.05, 0.1) is 0 Å². The minimum absolute atomic E-state index is 0.359. The van der Waals surface area contributed by atoms with E-state index in [-0.39, 0.29) is 0 Å². The Morgan fingerprint density at radius 1 is 0.606 bits per heavy atom. The van der Waals surface area contributed by atoms with E-state index < -0.39 is 20.1 Å². The van der Waals surface area contributed by atoms with Crippen molar-refractivity contribution in [2.75, 3.05) is 0 Å². The molecule has 4 rings (SSSR count). The van der Waals surface area contributed by atoms with Gasteiger partial charge in [-0.05, 0) is 15.9 Å². The molecular formula is C24H17Cl5N2PV-. The van der Waals surface area contributed by atoms with Gasteiger partial charge >= 0.3 is 104 Å². The standard InChI is InChI=1S/C18H15NP.C6H2Cl3N.2ClH.V/c19-20(16-10-4-1-5-11-16,17-12-6-2-7-13-17)18-14-8-3-9-15-18;7-3-1-4(8)6(10)5(9)2-3;;;/h1-15H;1-2H;2*1H;/q-1;;;;+2/p-2. The van der Waals surface area contributed by atoms with Crippen molar-refractivity contribution in [2.45, 2.75) is 0 Å². The van der Waals surface area contributed by atoms with Gasteiger partial charge in [-0.2, -0.15) is 0 Å². The predicted molar refractivity (Wildman–Crippen MR) is 144 cm³/mol. The van der Waals surface area contributed by atoms with Crippen LogP contribution in [0.1, 0.15) is 0 Å². The fourth-order valence-corrected chi connectivity index (χ4v) is 8.08. The van der Waals surface area contributed by atoms with E-state index in [1.165, 1.54) is 0 Å². The molecule has 4 aromatic carbocycles. The van der Waals surface area contributed by atoms with Crippen molar-refractivity contribution < 1.29 is 13.1 Å². The zero-order valence-electron chi connectivity index (χ0n) is 17.0. The van der Waals surface area contributed by atoms with Crippen LogP contribution < -0.4 is 15.9 Å². The van der Waals surface area contributed by atoms with Gasteiger partial charge in [0.2, 0.25) is 0 Å². The van der Waals surface area contributed by atoms with Crippen molar-refractivity contribution >= 4 is 83.2 Å². The molecule has 0 amide bonds. The zero-order valence-corrected chi connectivity index (χ0v) is 23.1. The molecular weight excluding hydrogens is 575 g/mol. The summed E-state index contributed by atoms with van der Waals surface area (Å²) in [4.78, 5) is 0. The van der Waals surface area contributed by atoms with Crippen molar-refractivity contribution in [1.29, 1.82) is 0 Å². The van der Waals surface area contributed by atoms with Crippen molar-refractivity contribution in [1.82, 2.24) is 0 Å². The fraction of sp³-hybridized carbons (Fsp3) is 0. The summed E-state index contributed by atoms with van der Waals surface area (Å²) in [5.41, 5.74) is 0.415. The quantitative estimate of drug-likeness (QED) is 0.212. The number of nitrogens with zero attached hydrogens (tertiary/aromatic N) is 2. The summed E-state index contributed by atoms with van der Waals surface area (Å²) in [6.07, 6.45) is 0. The van der Waals surface area contributed by atoms with Crippen molar-refractivity contribution in [3.8, 4) is 0 Å². The summed E-state index contributed by atoms with van der Waals surface area (Å²) >= 11 is 15.2. The monoisotopic (exact) mass is 590 g/mol. The molecule has 0 spiro atoms. The third-order valence-electron chi connectivity index (χ3n) is 4.55. The Bertz CT molecular complexity index is 1160. The Morgan fingerprint density at radius 2 is 0.939 bits per heavy atom. The van der Waals surface area contributed by atoms with Gasteiger partial charge in [0.25, 0.3) is 0 Å². The van der Waals surface area contributed by atoms with E-state index in [2.05, 4.69) is 3.79 Å². The van der Waals surface area contributed by atoms with Crippen LogP contribution in [-0.4, -0.2) is 0 Å². The number of halogens is 5. The molecule has 9 heteroatoms. The summed E-state index contributed by atoms with van der Waals surface area (Å²) in [7, 11) is 8.65. The largest absolute Gasteiger partial charge is 0.797 e. The van der Waals surface area contributed by atoms with Crippen molar-refractivity contribution in [3.63, 3.8) is 0 Å². The van der Waals surface area contributed by atoms with E-state index in [4.69, 9.17) is 54.5 Å². The van der Waals surface area contributed by atoms with Gasteiger partial charge in [0, 0.05) is 0 Å². The Morgan fingerprint density at radius 3 is 1.24 bits per heavy atom. The average molecular weight is 593 g/mol. The molecule has 0 aliphatic rings. The molecule has 0 aromatic heterocycles. The van der Waals surface area contributed by atoms with E-state index in [0.29, 0.717) is 20.8 Å². The molecule has 4 aromatic rings. The van der Waals surface area contributed by atoms with E-state index in [1.807, 2.05) is 91.0 Å². The normalized spacial score (nSPS) is 10.7. The fourth-order valence-electron chi connectivity index (χ4n) is 3.08. The molecule has 0 saturated carbocycles. The Kier molecular flexibility index (Phi) is 10.1. The Labute approximate surface area is 221 Å². The number of hydrogen-bond donors (Lipinski definition) is 0. The molecule has 0 aliphatic carbocycles. The Balaban J connectivity index is 0.000000205. The minimum Gasteiger partial charge on any atom is -0.797 e. The first-order valence-electron chi connectivity index (χ1n) is 9.59. The number of hydrogen-bond acceptors (Lipinski definition) is 1. The second-order valence-corrected chi connectivity index (χ2v) is 15.1. The minimum atomic E-state index is -2.53. The van der Waals surface area contributed by atoms with Crippen LogP contribution in [0, 0.1) is 0 Å². The third-order valence-corrected chi connectivity index (χ3v) is 9.65. The molecule has 0 aliphatic heterocycles. The topological polar surface area (TPSA) is 34.7 Å². The average Bonchev–Trinajstić information content (AvgIpc) is 2.83. The Hall–Kier alpha value is -1.06. The predicted octanol–water partition coefficient (Wildman–Crippen LogP) is 9.12. The molecule has 0 heterocycles. The third kappa shape index (κ3) is 6.98. The molecule has 0 N–H and O–H groups in total. The first-order valence-corrected chi connectivity index (χ1v) is 16.9. The summed E-state index contributed by atoms with van der Waals surface area (Å²) in [5.74, 6) is 0. The van der Waals surface area contributed by atoms with Crippen LogP contribution in [0.25, 0.3) is 5.16 Å². The molecule has 169 valence electrons. The molecule has 0 bridgehead atoms. The van der Waals surface area contributed by atoms with Crippen LogP contribution in [0.15, 0.2) is 107 Å². The van der Waals surface area contributed by atoms with Crippen LogP contribution in [0.2, 0.25) is 15.1 Å². The van der Waals surface area contributed by atoms with Crippen LogP contribution in [-0.2, 0) is 13.1 Å². The summed E-state index contributed by atoms with van der Waals surface area (Å²) in [5, 5.41) is 15.7. The molecule has 33 heavy (non-hydrogen) atoms. The first kappa shape index (κ1) is 26.5. The van der Waals surface area contributed by atoms with Crippen LogP contribution in [0.4, 0.5) is 5.69 Å². The van der Waals surface area contributed by atoms with Crippen LogP contribution in [0.3, 0.4) is 0 Å². The number of benzene rings is 4. The van der Waals surface area contributed by atoms with Gasteiger partial charge in [-0.3, -0.25) is 0 Å². The molecule has 2 nitrogen and oxygen atoms in total. The summed E-state index contributed by atoms with van der Waals surface area (Å²) in [6.45, 7) is 0. The van der Waals surface area contributed by atoms with Crippen LogP contribution in [0.5, 0.6) is 0 Å². The van der Waals surface area contributed by atoms with E-state index in [0.717, 1.165) is 15.9 Å². The van der Waals surface area contributed by atoms with Gasteiger partial charge in [0.1, 0.15) is 0 Å². The van der Waals surface area contributed by atoms with Crippen molar-refractivity contribution in [2.24, 2.45) is 3.79 Å². The van der Waals surface area contributed by atoms with Crippen LogP contribution >= 0.6 is 61.6 Å². The van der Waals surface area contributed by atoms with Gasteiger partial charge in [-0.1, -0.05) is 91.0 Å². The van der Waals surface area contributed by atoms with E-state index in [9.17, 15) is 5.16 Å². The van der Waals surface area contributed by atoms with Crippen molar-refractivity contribution in [3.05, 3.63) is 123 Å². The molecule has 0 fully saturated rings. The molecule has 0 unspecified atom stereocenters. The summed E-state index contributed by atoms with van der Waals surface area (Å²) < 4.78 is 3.95. The van der Waals surface area contributed by atoms with Gasteiger partial charge in [-0.25, -0.2) is 0 Å². The second kappa shape index (κ2) is 12.6. The maximum Gasteiger partial charge on any atom is -0.0372 e. The zero-order chi connectivity index (χ0) is 23.8. The SMILES string of the molecule is Clc1cc(Cl)c([N]=[V]([Cl])[Cl])c(Cl)c1.[N-]=P(c1ccccc1)(c1ccccc1)c1ccccc1. The van der Waals surface area contributed by atoms with Gasteiger partial charge in [-0.15, -0.1) is 7.05 Å². The first-order chi connectivity index (χ1) is 15.8. The molecule has 0 atom stereocenters. The smallest absolute Gasteiger partial charge is 0.0372 e. The molecule has 0 radical (unpaired) electrons. The maximum atomic E-state index is 11.5. The van der Waals surface area contributed by atoms with Gasteiger partial charge in [0.15, 0.2) is 0 Å².